The fourth-order valence-corrected chi connectivity index (χ4v) is 2.87. The van der Waals surface area contributed by atoms with Gasteiger partial charge in [0.15, 0.2) is 0 Å². The molecule has 0 fully saturated rings. The van der Waals surface area contributed by atoms with Gasteiger partial charge in [0.25, 0.3) is 0 Å². The van der Waals surface area contributed by atoms with E-state index in [0.717, 1.165) is 5.69 Å². The second-order valence-corrected chi connectivity index (χ2v) is 6.62. The number of para-hydroxylation sites is 1. The van der Waals surface area contributed by atoms with Gasteiger partial charge in [-0.2, -0.15) is 5.10 Å². The van der Waals surface area contributed by atoms with Crippen LogP contribution in [0.1, 0.15) is 11.3 Å². The van der Waals surface area contributed by atoms with Gasteiger partial charge in [-0.1, -0.05) is 29.8 Å². The number of amides is 3. The van der Waals surface area contributed by atoms with Crippen LogP contribution >= 0.6 is 11.6 Å². The van der Waals surface area contributed by atoms with Crippen molar-refractivity contribution < 1.29 is 9.59 Å². The van der Waals surface area contributed by atoms with Crippen molar-refractivity contribution in [3.63, 3.8) is 0 Å². The van der Waals surface area contributed by atoms with E-state index in [-0.39, 0.29) is 11.9 Å². The predicted octanol–water partition coefficient (Wildman–Crippen LogP) is 4.68. The van der Waals surface area contributed by atoms with E-state index in [0.29, 0.717) is 27.8 Å². The van der Waals surface area contributed by atoms with Crippen molar-refractivity contribution in [3.8, 4) is 0 Å². The number of carbonyl (C=O) groups excluding carboxylic acids is 2. The molecule has 0 aliphatic heterocycles. The Balaban J connectivity index is 1.55. The molecular weight excluding hydrogens is 390 g/mol. The van der Waals surface area contributed by atoms with Gasteiger partial charge in [0.1, 0.15) is 5.15 Å². The van der Waals surface area contributed by atoms with Gasteiger partial charge in [0.2, 0.25) is 5.91 Å². The first kappa shape index (κ1) is 20.2. The highest BCUT2D eigenvalue weighted by molar-refractivity contribution is 6.31. The van der Waals surface area contributed by atoms with Crippen molar-refractivity contribution in [2.45, 2.75) is 6.92 Å². The Hall–Kier alpha value is -3.58. The lowest BCUT2D eigenvalue weighted by Gasteiger charge is -2.08. The lowest BCUT2D eigenvalue weighted by atomic mass is 10.2. The van der Waals surface area contributed by atoms with Gasteiger partial charge in [-0.05, 0) is 49.4 Å². The maximum Gasteiger partial charge on any atom is 0.323 e. The molecule has 7 nitrogen and oxygen atoms in total. The molecule has 148 valence electrons. The zero-order valence-electron chi connectivity index (χ0n) is 15.9. The average molecular weight is 410 g/mol. The van der Waals surface area contributed by atoms with Crippen LogP contribution < -0.4 is 16.0 Å². The molecule has 0 atom stereocenters. The molecule has 2 aromatic carbocycles. The van der Waals surface area contributed by atoms with Crippen molar-refractivity contribution in [1.82, 2.24) is 9.78 Å². The topological polar surface area (TPSA) is 88.1 Å². The van der Waals surface area contributed by atoms with Gasteiger partial charge >= 0.3 is 6.03 Å². The van der Waals surface area contributed by atoms with Crippen LogP contribution in [0.15, 0.2) is 60.7 Å². The molecule has 1 aromatic heterocycles. The van der Waals surface area contributed by atoms with Crippen LogP contribution in [0.5, 0.6) is 0 Å². The Morgan fingerprint density at radius 2 is 1.48 bits per heavy atom. The minimum absolute atomic E-state index is 0.299. The molecule has 29 heavy (non-hydrogen) atoms. The van der Waals surface area contributed by atoms with E-state index < -0.39 is 0 Å². The summed E-state index contributed by atoms with van der Waals surface area (Å²) in [7, 11) is 1.74. The van der Waals surface area contributed by atoms with E-state index in [9.17, 15) is 9.59 Å². The molecule has 0 radical (unpaired) electrons. The van der Waals surface area contributed by atoms with Gasteiger partial charge in [-0.25, -0.2) is 4.79 Å². The highest BCUT2D eigenvalue weighted by atomic mass is 35.5. The second kappa shape index (κ2) is 9.07. The Kier molecular flexibility index (Phi) is 6.31. The average Bonchev–Trinajstić information content (AvgIpc) is 2.94. The lowest BCUT2D eigenvalue weighted by Crippen LogP contribution is -2.19. The quantitative estimate of drug-likeness (QED) is 0.534. The molecule has 8 heteroatoms. The third-order valence-electron chi connectivity index (χ3n) is 4.04. The third-order valence-corrected chi connectivity index (χ3v) is 4.49. The molecule has 3 rings (SSSR count). The van der Waals surface area contributed by atoms with Crippen molar-refractivity contribution in [1.29, 1.82) is 0 Å². The van der Waals surface area contributed by atoms with Gasteiger partial charge in [-0.3, -0.25) is 9.48 Å². The summed E-state index contributed by atoms with van der Waals surface area (Å²) in [6.45, 7) is 1.82. The van der Waals surface area contributed by atoms with E-state index in [1.165, 1.54) is 6.08 Å². The third kappa shape index (κ3) is 5.46. The number of hydrogen-bond donors (Lipinski definition) is 3. The number of carbonyl (C=O) groups is 2. The van der Waals surface area contributed by atoms with Crippen molar-refractivity contribution in [2.24, 2.45) is 7.05 Å². The summed E-state index contributed by atoms with van der Waals surface area (Å²) in [4.78, 5) is 24.1. The number of hydrogen-bond acceptors (Lipinski definition) is 3. The monoisotopic (exact) mass is 409 g/mol. The summed E-state index contributed by atoms with van der Waals surface area (Å²) in [5.41, 5.74) is 3.34. The minimum Gasteiger partial charge on any atom is -0.323 e. The Morgan fingerprint density at radius 3 is 2.03 bits per heavy atom. The maximum atomic E-state index is 12.1. The van der Waals surface area contributed by atoms with E-state index in [2.05, 4.69) is 21.0 Å². The van der Waals surface area contributed by atoms with Gasteiger partial charge in [-0.15, -0.1) is 0 Å². The first-order valence-electron chi connectivity index (χ1n) is 8.83. The lowest BCUT2D eigenvalue weighted by molar-refractivity contribution is -0.111. The molecule has 0 aliphatic rings. The molecule has 0 bridgehead atoms. The van der Waals surface area contributed by atoms with Gasteiger partial charge in [0, 0.05) is 35.7 Å². The summed E-state index contributed by atoms with van der Waals surface area (Å²) in [6, 6.07) is 15.6. The molecule has 0 saturated heterocycles. The summed E-state index contributed by atoms with van der Waals surface area (Å²) < 4.78 is 1.55. The number of urea groups is 1. The molecule has 0 aliphatic carbocycles. The molecular formula is C21H20ClN5O2. The maximum absolute atomic E-state index is 12.1. The van der Waals surface area contributed by atoms with Crippen molar-refractivity contribution >= 4 is 46.7 Å². The number of benzene rings is 2. The van der Waals surface area contributed by atoms with Crippen LogP contribution in [0.4, 0.5) is 21.9 Å². The summed E-state index contributed by atoms with van der Waals surface area (Å²) >= 11 is 6.15. The second-order valence-electron chi connectivity index (χ2n) is 6.26. The molecule has 1 heterocycles. The fraction of sp³-hybridized carbons (Fsp3) is 0.0952. The number of halogens is 1. The van der Waals surface area contributed by atoms with Crippen LogP contribution in [0, 0.1) is 6.92 Å². The van der Waals surface area contributed by atoms with Crippen LogP contribution in [-0.2, 0) is 11.8 Å². The summed E-state index contributed by atoms with van der Waals surface area (Å²) in [5.74, 6) is -0.299. The number of nitrogens with one attached hydrogen (secondary N) is 3. The number of rotatable bonds is 5. The first-order chi connectivity index (χ1) is 13.9. The number of aromatic nitrogens is 2. The van der Waals surface area contributed by atoms with E-state index in [4.69, 9.17) is 11.6 Å². The standard InChI is InChI=1S/C21H20ClN5O2/c1-14-18(20(22)27(2)26-14)12-13-19(28)23-16-8-10-17(11-9-16)25-21(29)24-15-6-4-3-5-7-15/h3-13H,1-2H3,(H,23,28)(H2,24,25,29)/b13-12+. The summed E-state index contributed by atoms with van der Waals surface area (Å²) in [5, 5.41) is 12.9. The van der Waals surface area contributed by atoms with Crippen LogP contribution in [0.3, 0.4) is 0 Å². The first-order valence-corrected chi connectivity index (χ1v) is 9.21. The van der Waals surface area contributed by atoms with Crippen LogP contribution in [0.25, 0.3) is 6.08 Å². The Morgan fingerprint density at radius 1 is 0.931 bits per heavy atom. The Labute approximate surface area is 173 Å². The SMILES string of the molecule is Cc1nn(C)c(Cl)c1/C=C/C(=O)Nc1ccc(NC(=O)Nc2ccccc2)cc1. The predicted molar refractivity (Wildman–Crippen MR) is 116 cm³/mol. The molecule has 3 aromatic rings. The summed E-state index contributed by atoms with van der Waals surface area (Å²) in [6.07, 6.45) is 3.03. The highest BCUT2D eigenvalue weighted by Gasteiger charge is 2.08. The minimum atomic E-state index is -0.348. The van der Waals surface area contributed by atoms with E-state index in [1.54, 1.807) is 54.2 Å². The highest BCUT2D eigenvalue weighted by Crippen LogP contribution is 2.20. The molecule has 0 unspecified atom stereocenters. The van der Waals surface area contributed by atoms with Gasteiger partial charge < -0.3 is 16.0 Å². The normalized spacial score (nSPS) is 10.7. The van der Waals surface area contributed by atoms with Crippen molar-refractivity contribution in [3.05, 3.63) is 77.1 Å². The molecule has 0 saturated carbocycles. The number of aryl methyl sites for hydroxylation is 2. The van der Waals surface area contributed by atoms with E-state index in [1.807, 2.05) is 25.1 Å². The molecule has 0 spiro atoms. The number of anilines is 3. The zero-order valence-corrected chi connectivity index (χ0v) is 16.7. The number of nitrogens with zero attached hydrogens (tertiary/aromatic N) is 2. The molecule has 3 amide bonds. The van der Waals surface area contributed by atoms with Crippen LogP contribution in [-0.4, -0.2) is 21.7 Å². The Bertz CT molecular complexity index is 1040. The van der Waals surface area contributed by atoms with Crippen molar-refractivity contribution in [2.75, 3.05) is 16.0 Å². The fourth-order valence-electron chi connectivity index (χ4n) is 2.63. The largest absolute Gasteiger partial charge is 0.323 e. The zero-order chi connectivity index (χ0) is 20.8. The van der Waals surface area contributed by atoms with Gasteiger partial charge in [0.05, 0.1) is 5.69 Å². The smallest absolute Gasteiger partial charge is 0.323 e. The molecule has 3 N–H and O–H groups in total. The van der Waals surface area contributed by atoms with Crippen LogP contribution in [0.2, 0.25) is 5.15 Å². The van der Waals surface area contributed by atoms with E-state index >= 15 is 0 Å².